The molecule has 0 amide bonds. The first-order chi connectivity index (χ1) is 12.8. The minimum Gasteiger partial charge on any atom is -0.466 e. The van der Waals surface area contributed by atoms with E-state index in [1.807, 2.05) is 5.32 Å². The average Bonchev–Trinajstić information content (AvgIpc) is 2.59. The van der Waals surface area contributed by atoms with Crippen LogP contribution in [0, 0.1) is 11.3 Å². The highest BCUT2D eigenvalue weighted by atomic mass is 19.4. The van der Waals surface area contributed by atoms with Crippen LogP contribution in [-0.2, 0) is 19.1 Å². The van der Waals surface area contributed by atoms with Crippen LogP contribution in [0.15, 0.2) is 11.3 Å². The predicted molar refractivity (Wildman–Crippen MR) is 84.4 cm³/mol. The van der Waals surface area contributed by atoms with E-state index in [4.69, 9.17) is 10.1 Å². The van der Waals surface area contributed by atoms with Gasteiger partial charge >= 0.3 is 24.3 Å². The SMILES string of the molecule is CCOC(=O)[C@H]1CC[C@H](N/C(=C(\C(=N)C(F)(F)F)C(=O)OC)C(F)(F)F)CC1. The number of carbonyl (C=O) groups excluding carboxylic acids is 2. The predicted octanol–water partition coefficient (Wildman–Crippen LogP) is 3.27. The van der Waals surface area contributed by atoms with Crippen molar-refractivity contribution < 1.29 is 45.4 Å². The molecule has 28 heavy (non-hydrogen) atoms. The molecule has 12 heteroatoms. The maximum atomic E-state index is 13.4. The molecule has 1 fully saturated rings. The molecule has 1 rings (SSSR count). The van der Waals surface area contributed by atoms with Crippen molar-refractivity contribution >= 4 is 17.7 Å². The van der Waals surface area contributed by atoms with Crippen molar-refractivity contribution in [3.63, 3.8) is 0 Å². The molecule has 0 aliphatic heterocycles. The Bertz CT molecular complexity index is 634. The number of ether oxygens (including phenoxy) is 2. The maximum absolute atomic E-state index is 13.4. The van der Waals surface area contributed by atoms with E-state index in [0.717, 1.165) is 0 Å². The summed E-state index contributed by atoms with van der Waals surface area (Å²) in [6, 6.07) is -0.942. The van der Waals surface area contributed by atoms with E-state index in [1.165, 1.54) is 0 Å². The first-order valence-corrected chi connectivity index (χ1v) is 8.31. The van der Waals surface area contributed by atoms with Crippen LogP contribution in [0.1, 0.15) is 32.6 Å². The average molecular weight is 418 g/mol. The van der Waals surface area contributed by atoms with Crippen molar-refractivity contribution in [1.82, 2.24) is 5.32 Å². The largest absolute Gasteiger partial charge is 0.466 e. The van der Waals surface area contributed by atoms with E-state index in [0.29, 0.717) is 7.11 Å². The van der Waals surface area contributed by atoms with Gasteiger partial charge in [-0.3, -0.25) is 10.2 Å². The normalized spacial score (nSPS) is 21.4. The first kappa shape index (κ1) is 23.8. The van der Waals surface area contributed by atoms with Crippen molar-refractivity contribution in [1.29, 1.82) is 5.41 Å². The van der Waals surface area contributed by atoms with Gasteiger partial charge in [-0.25, -0.2) is 4.79 Å². The molecule has 1 aliphatic carbocycles. The van der Waals surface area contributed by atoms with Gasteiger partial charge in [0, 0.05) is 6.04 Å². The molecule has 0 spiro atoms. The summed E-state index contributed by atoms with van der Waals surface area (Å²) in [5, 5.41) is 8.93. The van der Waals surface area contributed by atoms with Crippen molar-refractivity contribution in [3.8, 4) is 0 Å². The Labute approximate surface area is 156 Å². The number of nitrogens with one attached hydrogen (secondary N) is 2. The lowest BCUT2D eigenvalue weighted by Crippen LogP contribution is -2.42. The Morgan fingerprint density at radius 2 is 1.57 bits per heavy atom. The van der Waals surface area contributed by atoms with Crippen LogP contribution in [0.5, 0.6) is 0 Å². The fourth-order valence-corrected chi connectivity index (χ4v) is 2.81. The Hall–Kier alpha value is -2.27. The standard InChI is InChI=1S/C16H20F6N2O4/c1-3-28-13(25)8-4-6-9(7-5-8)24-12(16(20,21)22)10(14(26)27-2)11(23)15(17,18)19/h8-9,23-24H,3-7H2,1-2H3/b12-10+,23-11?/t8-,9-. The quantitative estimate of drug-likeness (QED) is 0.299. The lowest BCUT2D eigenvalue weighted by Gasteiger charge is -2.30. The molecule has 0 heterocycles. The molecular weight excluding hydrogens is 398 g/mol. The maximum Gasteiger partial charge on any atom is 0.433 e. The van der Waals surface area contributed by atoms with Crippen LogP contribution >= 0.6 is 0 Å². The topological polar surface area (TPSA) is 88.5 Å². The van der Waals surface area contributed by atoms with Crippen LogP contribution < -0.4 is 5.32 Å². The van der Waals surface area contributed by atoms with Crippen molar-refractivity contribution in [2.75, 3.05) is 13.7 Å². The molecule has 1 aliphatic rings. The van der Waals surface area contributed by atoms with Gasteiger partial charge in [0.2, 0.25) is 0 Å². The molecule has 0 aromatic heterocycles. The number of halogens is 6. The summed E-state index contributed by atoms with van der Waals surface area (Å²) in [4.78, 5) is 23.3. The summed E-state index contributed by atoms with van der Waals surface area (Å²) in [7, 11) is 0.616. The molecule has 6 nitrogen and oxygen atoms in total. The number of hydrogen-bond acceptors (Lipinski definition) is 6. The summed E-state index contributed by atoms with van der Waals surface area (Å²) >= 11 is 0. The molecule has 0 aromatic rings. The monoisotopic (exact) mass is 418 g/mol. The molecule has 2 N–H and O–H groups in total. The smallest absolute Gasteiger partial charge is 0.433 e. The number of methoxy groups -OCH3 is 1. The molecule has 0 unspecified atom stereocenters. The van der Waals surface area contributed by atoms with E-state index >= 15 is 0 Å². The van der Waals surface area contributed by atoms with E-state index in [2.05, 4.69) is 4.74 Å². The third-order valence-electron chi connectivity index (χ3n) is 4.15. The number of rotatable bonds is 6. The molecule has 0 aromatic carbocycles. The number of hydrogen-bond donors (Lipinski definition) is 2. The number of allylic oxidation sites excluding steroid dienone is 1. The van der Waals surface area contributed by atoms with Gasteiger partial charge < -0.3 is 14.8 Å². The Balaban J connectivity index is 3.14. The van der Waals surface area contributed by atoms with Gasteiger partial charge in [-0.1, -0.05) is 0 Å². The summed E-state index contributed by atoms with van der Waals surface area (Å²) in [6.07, 6.45) is -10.4. The Morgan fingerprint density at radius 3 is 1.96 bits per heavy atom. The highest BCUT2D eigenvalue weighted by Crippen LogP contribution is 2.34. The van der Waals surface area contributed by atoms with Gasteiger partial charge in [-0.2, -0.15) is 26.3 Å². The molecule has 1 saturated carbocycles. The summed E-state index contributed by atoms with van der Waals surface area (Å²) in [5.74, 6) is -2.92. The first-order valence-electron chi connectivity index (χ1n) is 8.31. The van der Waals surface area contributed by atoms with E-state index in [9.17, 15) is 35.9 Å². The molecule has 0 saturated heterocycles. The van der Waals surface area contributed by atoms with E-state index in [1.54, 1.807) is 6.92 Å². The summed E-state index contributed by atoms with van der Waals surface area (Å²) in [5.41, 5.74) is -6.38. The molecule has 0 atom stereocenters. The number of alkyl halides is 6. The highest BCUT2D eigenvalue weighted by molar-refractivity contribution is 6.21. The van der Waals surface area contributed by atoms with Gasteiger partial charge in [0.15, 0.2) is 5.71 Å². The number of carbonyl (C=O) groups is 2. The third kappa shape index (κ3) is 6.13. The lowest BCUT2D eigenvalue weighted by atomic mass is 9.85. The minimum atomic E-state index is -5.48. The second kappa shape index (κ2) is 9.28. The van der Waals surface area contributed by atoms with Crippen molar-refractivity contribution in [2.24, 2.45) is 5.92 Å². The fourth-order valence-electron chi connectivity index (χ4n) is 2.81. The molecule has 160 valence electrons. The second-order valence-electron chi connectivity index (χ2n) is 6.06. The minimum absolute atomic E-state index is 0.0386. The van der Waals surface area contributed by atoms with Crippen LogP contribution in [0.4, 0.5) is 26.3 Å². The number of esters is 2. The second-order valence-corrected chi connectivity index (χ2v) is 6.06. The van der Waals surface area contributed by atoms with Crippen molar-refractivity contribution in [3.05, 3.63) is 11.3 Å². The van der Waals surface area contributed by atoms with Crippen molar-refractivity contribution in [2.45, 2.75) is 51.0 Å². The third-order valence-corrected chi connectivity index (χ3v) is 4.15. The Kier molecular flexibility index (Phi) is 7.88. The molecule has 0 bridgehead atoms. The lowest BCUT2D eigenvalue weighted by molar-refractivity contribution is -0.149. The van der Waals surface area contributed by atoms with Crippen LogP contribution in [-0.4, -0.2) is 49.8 Å². The van der Waals surface area contributed by atoms with E-state index < -0.39 is 53.2 Å². The molecular formula is C16H20F6N2O4. The van der Waals surface area contributed by atoms with Gasteiger partial charge in [0.1, 0.15) is 11.3 Å². The zero-order chi connectivity index (χ0) is 21.7. The van der Waals surface area contributed by atoms with Gasteiger partial charge in [0.05, 0.1) is 19.6 Å². The van der Waals surface area contributed by atoms with Gasteiger partial charge in [-0.15, -0.1) is 0 Å². The summed E-state index contributed by atoms with van der Waals surface area (Å²) in [6.45, 7) is 1.76. The van der Waals surface area contributed by atoms with Gasteiger partial charge in [-0.05, 0) is 32.6 Å². The molecule has 0 radical (unpaired) electrons. The van der Waals surface area contributed by atoms with Crippen LogP contribution in [0.3, 0.4) is 0 Å². The Morgan fingerprint density at radius 1 is 1.04 bits per heavy atom. The van der Waals surface area contributed by atoms with Crippen LogP contribution in [0.2, 0.25) is 0 Å². The highest BCUT2D eigenvalue weighted by Gasteiger charge is 2.48. The van der Waals surface area contributed by atoms with Gasteiger partial charge in [0.25, 0.3) is 0 Å². The fraction of sp³-hybridized carbons (Fsp3) is 0.688. The zero-order valence-corrected chi connectivity index (χ0v) is 15.1. The summed E-state index contributed by atoms with van der Waals surface area (Å²) < 4.78 is 87.6. The zero-order valence-electron chi connectivity index (χ0n) is 15.1. The van der Waals surface area contributed by atoms with E-state index in [-0.39, 0.29) is 32.3 Å². The van der Waals surface area contributed by atoms with Crippen LogP contribution in [0.25, 0.3) is 0 Å².